The van der Waals surface area contributed by atoms with Crippen molar-refractivity contribution >= 4 is 17.5 Å². The van der Waals surface area contributed by atoms with Crippen molar-refractivity contribution in [2.24, 2.45) is 24.6 Å². The molecule has 2 aromatic heterocycles. The summed E-state index contributed by atoms with van der Waals surface area (Å²) in [7, 11) is 1.68. The van der Waals surface area contributed by atoms with Crippen molar-refractivity contribution in [1.29, 1.82) is 0 Å². The van der Waals surface area contributed by atoms with Crippen LogP contribution < -0.4 is 11.1 Å². The first-order valence-electron chi connectivity index (χ1n) is 11.5. The monoisotopic (exact) mass is 448 g/mol. The van der Waals surface area contributed by atoms with Crippen molar-refractivity contribution in [1.82, 2.24) is 20.0 Å². The molecule has 0 spiro atoms. The Balaban J connectivity index is 1.59. The molecule has 1 fully saturated rings. The van der Waals surface area contributed by atoms with Gasteiger partial charge in [-0.05, 0) is 62.3 Å². The number of benzene rings is 1. The van der Waals surface area contributed by atoms with E-state index in [-0.39, 0.29) is 11.8 Å². The minimum absolute atomic E-state index is 0.105. The van der Waals surface area contributed by atoms with Crippen LogP contribution in [0, 0.1) is 25.7 Å². The van der Waals surface area contributed by atoms with Gasteiger partial charge in [0.15, 0.2) is 0 Å². The highest BCUT2D eigenvalue weighted by molar-refractivity contribution is 5.97. The molecule has 2 heterocycles. The fourth-order valence-corrected chi connectivity index (χ4v) is 5.00. The van der Waals surface area contributed by atoms with Crippen LogP contribution >= 0.6 is 0 Å². The zero-order valence-corrected chi connectivity index (χ0v) is 19.7. The number of carbonyl (C=O) groups excluding carboxylic acids is 2. The number of hydrogen-bond donors (Lipinski definition) is 3. The first-order valence-corrected chi connectivity index (χ1v) is 11.5. The van der Waals surface area contributed by atoms with Crippen LogP contribution in [0.3, 0.4) is 0 Å². The van der Waals surface area contributed by atoms with Gasteiger partial charge in [0.1, 0.15) is 5.69 Å². The van der Waals surface area contributed by atoms with Crippen LogP contribution in [-0.2, 0) is 11.8 Å². The molecule has 0 bridgehead atoms. The Kier molecular flexibility index (Phi) is 6.35. The lowest BCUT2D eigenvalue weighted by molar-refractivity contribution is -0.119. The average Bonchev–Trinajstić information content (AvgIpc) is 3.32. The SMILES string of the molecule is Cc1n[nH]c(C)c1-c1ccc(NC(=O)C(c2cc(C(N)=O)n(C)n2)C2CCC(C)CC2)cc1. The molecule has 33 heavy (non-hydrogen) atoms. The number of nitrogens with zero attached hydrogens (tertiary/aromatic N) is 3. The number of H-pyrrole nitrogens is 1. The average molecular weight is 449 g/mol. The van der Waals surface area contributed by atoms with E-state index in [0.29, 0.717) is 17.3 Å². The smallest absolute Gasteiger partial charge is 0.266 e. The van der Waals surface area contributed by atoms with Gasteiger partial charge in [-0.3, -0.25) is 19.4 Å². The summed E-state index contributed by atoms with van der Waals surface area (Å²) in [5.74, 6) is -0.250. The summed E-state index contributed by atoms with van der Waals surface area (Å²) in [6.07, 6.45) is 4.09. The van der Waals surface area contributed by atoms with Crippen molar-refractivity contribution in [2.45, 2.75) is 52.4 Å². The number of anilines is 1. The Morgan fingerprint density at radius 2 is 1.82 bits per heavy atom. The summed E-state index contributed by atoms with van der Waals surface area (Å²) in [5.41, 5.74) is 11.2. The van der Waals surface area contributed by atoms with Gasteiger partial charge in [0.25, 0.3) is 5.91 Å². The van der Waals surface area contributed by atoms with E-state index in [1.54, 1.807) is 13.1 Å². The largest absolute Gasteiger partial charge is 0.364 e. The molecule has 8 heteroatoms. The van der Waals surface area contributed by atoms with Crippen molar-refractivity contribution in [2.75, 3.05) is 5.32 Å². The number of rotatable bonds is 6. The van der Waals surface area contributed by atoms with Crippen molar-refractivity contribution in [3.8, 4) is 11.1 Å². The van der Waals surface area contributed by atoms with Crippen LogP contribution in [0.4, 0.5) is 5.69 Å². The molecule has 0 aliphatic heterocycles. The minimum Gasteiger partial charge on any atom is -0.364 e. The Hall–Kier alpha value is -3.42. The van der Waals surface area contributed by atoms with Crippen molar-refractivity contribution in [3.05, 3.63) is 53.1 Å². The van der Waals surface area contributed by atoms with Crippen LogP contribution in [0.15, 0.2) is 30.3 Å². The first-order chi connectivity index (χ1) is 15.7. The molecular weight excluding hydrogens is 416 g/mol. The summed E-state index contributed by atoms with van der Waals surface area (Å²) < 4.78 is 1.47. The van der Waals surface area contributed by atoms with Gasteiger partial charge < -0.3 is 11.1 Å². The van der Waals surface area contributed by atoms with Crippen molar-refractivity contribution in [3.63, 3.8) is 0 Å². The van der Waals surface area contributed by atoms with Gasteiger partial charge in [0, 0.05) is 24.0 Å². The van der Waals surface area contributed by atoms with E-state index in [1.165, 1.54) is 4.68 Å². The molecule has 1 unspecified atom stereocenters. The zero-order chi connectivity index (χ0) is 23.7. The molecule has 1 atom stereocenters. The number of aromatic amines is 1. The van der Waals surface area contributed by atoms with E-state index in [2.05, 4.69) is 27.5 Å². The van der Waals surface area contributed by atoms with Gasteiger partial charge in [-0.15, -0.1) is 0 Å². The third-order valence-corrected chi connectivity index (χ3v) is 6.85. The molecule has 8 nitrogen and oxygen atoms in total. The van der Waals surface area contributed by atoms with Gasteiger partial charge >= 0.3 is 0 Å². The maximum Gasteiger partial charge on any atom is 0.266 e. The number of aromatic nitrogens is 4. The maximum atomic E-state index is 13.5. The number of hydrogen-bond acceptors (Lipinski definition) is 4. The van der Waals surface area contributed by atoms with Gasteiger partial charge in [-0.2, -0.15) is 10.2 Å². The molecular formula is C25H32N6O2. The summed E-state index contributed by atoms with van der Waals surface area (Å²) in [6.45, 7) is 6.22. The van der Waals surface area contributed by atoms with Crippen LogP contribution in [0.5, 0.6) is 0 Å². The Labute approximate surface area is 194 Å². The zero-order valence-electron chi connectivity index (χ0n) is 19.7. The fraction of sp³-hybridized carbons (Fsp3) is 0.440. The first kappa shape index (κ1) is 22.8. The van der Waals surface area contributed by atoms with E-state index in [0.717, 1.165) is 53.9 Å². The predicted octanol–water partition coefficient (Wildman–Crippen LogP) is 4.07. The van der Waals surface area contributed by atoms with E-state index in [9.17, 15) is 9.59 Å². The Bertz CT molecular complexity index is 1130. The second-order valence-electron chi connectivity index (χ2n) is 9.32. The van der Waals surface area contributed by atoms with Gasteiger partial charge in [-0.25, -0.2) is 0 Å². The van der Waals surface area contributed by atoms with E-state index in [1.807, 2.05) is 38.1 Å². The highest BCUT2D eigenvalue weighted by Gasteiger charge is 2.35. The number of aryl methyl sites for hydroxylation is 3. The number of carbonyl (C=O) groups is 2. The molecule has 1 aliphatic carbocycles. The molecule has 3 aromatic rings. The van der Waals surface area contributed by atoms with E-state index < -0.39 is 11.8 Å². The summed E-state index contributed by atoms with van der Waals surface area (Å²) in [6, 6.07) is 9.46. The molecule has 174 valence electrons. The molecule has 1 saturated carbocycles. The van der Waals surface area contributed by atoms with Crippen LogP contribution in [0.1, 0.15) is 66.1 Å². The molecule has 4 rings (SSSR count). The molecule has 0 radical (unpaired) electrons. The van der Waals surface area contributed by atoms with Crippen LogP contribution in [-0.4, -0.2) is 31.8 Å². The fourth-order valence-electron chi connectivity index (χ4n) is 5.00. The summed E-state index contributed by atoms with van der Waals surface area (Å²) >= 11 is 0. The molecule has 2 amide bonds. The number of nitrogens with one attached hydrogen (secondary N) is 2. The molecule has 4 N–H and O–H groups in total. The minimum atomic E-state index is -0.548. The third-order valence-electron chi connectivity index (χ3n) is 6.85. The highest BCUT2D eigenvalue weighted by Crippen LogP contribution is 2.39. The lowest BCUT2D eigenvalue weighted by atomic mass is 9.75. The lowest BCUT2D eigenvalue weighted by Gasteiger charge is -2.31. The van der Waals surface area contributed by atoms with Crippen LogP contribution in [0.2, 0.25) is 0 Å². The molecule has 0 saturated heterocycles. The summed E-state index contributed by atoms with van der Waals surface area (Å²) in [5, 5.41) is 14.9. The Morgan fingerprint density at radius 1 is 1.15 bits per heavy atom. The van der Waals surface area contributed by atoms with Crippen LogP contribution in [0.25, 0.3) is 11.1 Å². The van der Waals surface area contributed by atoms with Gasteiger partial charge in [0.2, 0.25) is 5.91 Å². The lowest BCUT2D eigenvalue weighted by Crippen LogP contribution is -2.30. The van der Waals surface area contributed by atoms with E-state index in [4.69, 9.17) is 5.73 Å². The second kappa shape index (κ2) is 9.21. The highest BCUT2D eigenvalue weighted by atomic mass is 16.2. The quantitative estimate of drug-likeness (QED) is 0.526. The molecule has 1 aliphatic rings. The van der Waals surface area contributed by atoms with E-state index >= 15 is 0 Å². The number of amides is 2. The summed E-state index contributed by atoms with van der Waals surface area (Å²) in [4.78, 5) is 25.3. The van der Waals surface area contributed by atoms with Gasteiger partial charge in [0.05, 0.1) is 17.3 Å². The maximum absolute atomic E-state index is 13.5. The standard InChI is InChI=1S/C25H32N6O2/c1-14-5-7-18(8-6-14)23(20-13-21(24(26)32)31(4)30-20)25(33)27-19-11-9-17(10-12-19)22-15(2)28-29-16(22)3/h9-14,18,23H,5-8H2,1-4H3,(H2,26,32)(H,27,33)(H,28,29). The Morgan fingerprint density at radius 3 is 2.36 bits per heavy atom. The number of nitrogens with two attached hydrogens (primary N) is 1. The normalized spacial score (nSPS) is 19.3. The number of primary amides is 1. The third kappa shape index (κ3) is 4.69. The molecule has 1 aromatic carbocycles. The van der Waals surface area contributed by atoms with Crippen molar-refractivity contribution < 1.29 is 9.59 Å². The van der Waals surface area contributed by atoms with Gasteiger partial charge in [-0.1, -0.05) is 31.9 Å². The second-order valence-corrected chi connectivity index (χ2v) is 9.32. The topological polar surface area (TPSA) is 119 Å². The predicted molar refractivity (Wildman–Crippen MR) is 128 cm³/mol.